The van der Waals surface area contributed by atoms with Crippen LogP contribution in [0.3, 0.4) is 0 Å². The highest BCUT2D eigenvalue weighted by Crippen LogP contribution is 2.34. The number of fused-ring (bicyclic) bond motifs is 1. The number of hydrogen-bond donors (Lipinski definition) is 2. The Hall–Kier alpha value is -2.32. The predicted octanol–water partition coefficient (Wildman–Crippen LogP) is 3.85. The zero-order valence-corrected chi connectivity index (χ0v) is 18.5. The molecule has 1 atom stereocenters. The van der Waals surface area contributed by atoms with Crippen LogP contribution >= 0.6 is 11.8 Å². The van der Waals surface area contributed by atoms with Crippen LogP contribution in [0.1, 0.15) is 30.0 Å². The van der Waals surface area contributed by atoms with Crippen LogP contribution in [0.4, 0.5) is 11.4 Å². The SMILES string of the molecule is Cc1cc(C)c(NC(=O)C[C@@H](C)S(=O)(=O)c2ccc3c(c2)NC(=O)CS3)c(C)c1. The zero-order chi connectivity index (χ0) is 21.3. The van der Waals surface area contributed by atoms with Gasteiger partial charge in [0.25, 0.3) is 0 Å². The van der Waals surface area contributed by atoms with Gasteiger partial charge in [-0.15, -0.1) is 11.8 Å². The van der Waals surface area contributed by atoms with Crippen molar-refractivity contribution in [2.24, 2.45) is 0 Å². The molecule has 1 aliphatic rings. The summed E-state index contributed by atoms with van der Waals surface area (Å²) in [4.78, 5) is 25.0. The predicted molar refractivity (Wildman–Crippen MR) is 116 cm³/mol. The molecule has 2 aromatic carbocycles. The molecule has 8 heteroatoms. The molecule has 2 amide bonds. The van der Waals surface area contributed by atoms with E-state index < -0.39 is 15.1 Å². The van der Waals surface area contributed by atoms with Gasteiger partial charge in [-0.2, -0.15) is 0 Å². The number of carbonyl (C=O) groups excluding carboxylic acids is 2. The Morgan fingerprint density at radius 2 is 1.83 bits per heavy atom. The standard InChI is InChI=1S/C21H24N2O4S2/c1-12-7-13(2)21(14(3)8-12)23-19(24)9-15(4)29(26,27)16-5-6-18-17(10-16)22-20(25)11-28-18/h5-8,10,15H,9,11H2,1-4H3,(H,22,25)(H,23,24)/t15-/m1/s1. The van der Waals surface area contributed by atoms with E-state index in [0.717, 1.165) is 27.3 Å². The Balaban J connectivity index is 1.76. The number of aryl methyl sites for hydroxylation is 3. The first kappa shape index (κ1) is 21.4. The van der Waals surface area contributed by atoms with Crippen LogP contribution in [0.5, 0.6) is 0 Å². The summed E-state index contributed by atoms with van der Waals surface area (Å²) in [5.74, 6) is -0.195. The molecular weight excluding hydrogens is 408 g/mol. The third-order valence-corrected chi connectivity index (χ3v) is 8.07. The Kier molecular flexibility index (Phi) is 6.05. The summed E-state index contributed by atoms with van der Waals surface area (Å²) in [7, 11) is -3.73. The fourth-order valence-electron chi connectivity index (χ4n) is 3.41. The molecule has 0 saturated carbocycles. The van der Waals surface area contributed by atoms with Crippen LogP contribution in [0.2, 0.25) is 0 Å². The number of amides is 2. The van der Waals surface area contributed by atoms with Gasteiger partial charge < -0.3 is 10.6 Å². The molecule has 6 nitrogen and oxygen atoms in total. The van der Waals surface area contributed by atoms with E-state index in [1.165, 1.54) is 30.8 Å². The van der Waals surface area contributed by atoms with Crippen molar-refractivity contribution in [1.82, 2.24) is 0 Å². The van der Waals surface area contributed by atoms with Gasteiger partial charge in [0.1, 0.15) is 0 Å². The molecule has 1 heterocycles. The van der Waals surface area contributed by atoms with E-state index >= 15 is 0 Å². The number of hydrogen-bond acceptors (Lipinski definition) is 5. The summed E-state index contributed by atoms with van der Waals surface area (Å²) in [6.07, 6.45) is -0.159. The minimum Gasteiger partial charge on any atom is -0.326 e. The highest BCUT2D eigenvalue weighted by Gasteiger charge is 2.28. The molecule has 0 spiro atoms. The van der Waals surface area contributed by atoms with Gasteiger partial charge in [0.15, 0.2) is 9.84 Å². The first-order chi connectivity index (χ1) is 13.6. The van der Waals surface area contributed by atoms with Crippen molar-refractivity contribution in [2.75, 3.05) is 16.4 Å². The Morgan fingerprint density at radius 1 is 1.17 bits per heavy atom. The molecule has 1 aliphatic heterocycles. The van der Waals surface area contributed by atoms with Gasteiger partial charge in [0.2, 0.25) is 11.8 Å². The summed E-state index contributed by atoms with van der Waals surface area (Å²) in [6.45, 7) is 7.33. The van der Waals surface area contributed by atoms with Crippen LogP contribution in [0, 0.1) is 20.8 Å². The minimum atomic E-state index is -3.73. The number of rotatable bonds is 5. The quantitative estimate of drug-likeness (QED) is 0.749. The van der Waals surface area contributed by atoms with Crippen molar-refractivity contribution in [3.8, 4) is 0 Å². The smallest absolute Gasteiger partial charge is 0.234 e. The number of thioether (sulfide) groups is 1. The lowest BCUT2D eigenvalue weighted by Gasteiger charge is -2.19. The lowest BCUT2D eigenvalue weighted by atomic mass is 10.0. The average molecular weight is 433 g/mol. The fourth-order valence-corrected chi connectivity index (χ4v) is 5.57. The lowest BCUT2D eigenvalue weighted by Crippen LogP contribution is -2.26. The summed E-state index contributed by atoms with van der Waals surface area (Å²) in [5, 5.41) is 4.65. The van der Waals surface area contributed by atoms with E-state index in [1.807, 2.05) is 32.9 Å². The summed E-state index contributed by atoms with van der Waals surface area (Å²) < 4.78 is 25.9. The van der Waals surface area contributed by atoms with Gasteiger partial charge in [-0.05, 0) is 57.0 Å². The fraction of sp³-hybridized carbons (Fsp3) is 0.333. The highest BCUT2D eigenvalue weighted by molar-refractivity contribution is 8.00. The third-order valence-electron chi connectivity index (χ3n) is 4.86. The number of carbonyl (C=O) groups is 2. The number of sulfone groups is 1. The van der Waals surface area contributed by atoms with E-state index in [2.05, 4.69) is 10.6 Å². The Morgan fingerprint density at radius 3 is 2.48 bits per heavy atom. The van der Waals surface area contributed by atoms with Gasteiger partial charge in [0, 0.05) is 17.0 Å². The minimum absolute atomic E-state index is 0.0991. The molecule has 0 aliphatic carbocycles. The molecule has 0 fully saturated rings. The van der Waals surface area contributed by atoms with E-state index in [4.69, 9.17) is 0 Å². The maximum atomic E-state index is 13.0. The van der Waals surface area contributed by atoms with Crippen LogP contribution in [0.25, 0.3) is 0 Å². The van der Waals surface area contributed by atoms with E-state index in [-0.39, 0.29) is 23.1 Å². The van der Waals surface area contributed by atoms with Crippen LogP contribution in [0.15, 0.2) is 40.1 Å². The van der Waals surface area contributed by atoms with Crippen molar-refractivity contribution in [2.45, 2.75) is 49.2 Å². The van der Waals surface area contributed by atoms with Crippen LogP contribution in [-0.2, 0) is 19.4 Å². The molecule has 29 heavy (non-hydrogen) atoms. The second-order valence-electron chi connectivity index (χ2n) is 7.38. The molecular formula is C21H24N2O4S2. The van der Waals surface area contributed by atoms with Gasteiger partial charge in [-0.1, -0.05) is 17.7 Å². The maximum absolute atomic E-state index is 13.0. The summed E-state index contributed by atoms with van der Waals surface area (Å²) in [5.41, 5.74) is 4.20. The largest absolute Gasteiger partial charge is 0.326 e. The molecule has 3 rings (SSSR count). The third kappa shape index (κ3) is 4.64. The summed E-state index contributed by atoms with van der Waals surface area (Å²) in [6, 6.07) is 8.64. The van der Waals surface area contributed by atoms with Gasteiger partial charge >= 0.3 is 0 Å². The molecule has 2 aromatic rings. The molecule has 0 saturated heterocycles. The Bertz CT molecular complexity index is 1070. The van der Waals surface area contributed by atoms with Crippen LogP contribution in [-0.4, -0.2) is 31.2 Å². The van der Waals surface area contributed by atoms with Crippen molar-refractivity contribution in [3.63, 3.8) is 0 Å². The molecule has 0 aromatic heterocycles. The van der Waals surface area contributed by atoms with Crippen LogP contribution < -0.4 is 10.6 Å². The Labute approximate surface area is 175 Å². The highest BCUT2D eigenvalue weighted by atomic mass is 32.2. The lowest BCUT2D eigenvalue weighted by molar-refractivity contribution is -0.116. The van der Waals surface area contributed by atoms with Crippen molar-refractivity contribution < 1.29 is 18.0 Å². The van der Waals surface area contributed by atoms with E-state index in [0.29, 0.717) is 11.4 Å². The molecule has 0 radical (unpaired) electrons. The normalized spacial score (nSPS) is 14.7. The van der Waals surface area contributed by atoms with Crippen molar-refractivity contribution in [1.29, 1.82) is 0 Å². The second kappa shape index (κ2) is 8.20. The second-order valence-corrected chi connectivity index (χ2v) is 10.8. The summed E-state index contributed by atoms with van der Waals surface area (Å²) >= 11 is 1.37. The molecule has 154 valence electrons. The van der Waals surface area contributed by atoms with Crippen molar-refractivity contribution >= 4 is 44.8 Å². The topological polar surface area (TPSA) is 92.3 Å². The van der Waals surface area contributed by atoms with Gasteiger partial charge in [-0.3, -0.25) is 9.59 Å². The van der Waals surface area contributed by atoms with Gasteiger partial charge in [0.05, 0.1) is 21.6 Å². The number of anilines is 2. The van der Waals surface area contributed by atoms with E-state index in [9.17, 15) is 18.0 Å². The first-order valence-corrected chi connectivity index (χ1v) is 11.8. The molecule has 0 unspecified atom stereocenters. The van der Waals surface area contributed by atoms with Crippen molar-refractivity contribution in [3.05, 3.63) is 47.0 Å². The maximum Gasteiger partial charge on any atom is 0.234 e. The number of nitrogens with one attached hydrogen (secondary N) is 2. The molecule has 2 N–H and O–H groups in total. The number of benzene rings is 2. The molecule has 0 bridgehead atoms. The van der Waals surface area contributed by atoms with Gasteiger partial charge in [-0.25, -0.2) is 8.42 Å². The van der Waals surface area contributed by atoms with E-state index in [1.54, 1.807) is 6.07 Å². The average Bonchev–Trinajstić information content (AvgIpc) is 2.63. The first-order valence-electron chi connectivity index (χ1n) is 9.26. The monoisotopic (exact) mass is 432 g/mol. The zero-order valence-electron chi connectivity index (χ0n) is 16.8.